The van der Waals surface area contributed by atoms with E-state index in [0.717, 1.165) is 18.4 Å². The Labute approximate surface area is 133 Å². The Morgan fingerprint density at radius 3 is 2.30 bits per heavy atom. The molecule has 0 radical (unpaired) electrons. The molecule has 1 aromatic rings. The molecule has 0 aromatic heterocycles. The smallest absolute Gasteiger partial charge is 0.307 e. The zero-order valence-electron chi connectivity index (χ0n) is 12.5. The zero-order chi connectivity index (χ0) is 16.2. The first-order valence-corrected chi connectivity index (χ1v) is 7.96. The van der Waals surface area contributed by atoms with Gasteiger partial charge in [-0.25, -0.2) is 4.39 Å². The Hall–Kier alpha value is -2.17. The quantitative estimate of drug-likeness (QED) is 0.838. The van der Waals surface area contributed by atoms with E-state index < -0.39 is 17.8 Å². The molecule has 23 heavy (non-hydrogen) atoms. The molecular weight excluding hydrogens is 297 g/mol. The molecule has 0 saturated heterocycles. The Balaban J connectivity index is 1.50. The van der Waals surface area contributed by atoms with Crippen LogP contribution >= 0.6 is 0 Å². The number of hydrogen-bond acceptors (Lipinski definition) is 2. The van der Waals surface area contributed by atoms with E-state index in [1.165, 1.54) is 12.1 Å². The molecule has 120 valence electrons. The lowest BCUT2D eigenvalue weighted by Gasteiger charge is -2.23. The van der Waals surface area contributed by atoms with Crippen molar-refractivity contribution >= 4 is 11.9 Å². The molecule has 2 N–H and O–H groups in total. The van der Waals surface area contributed by atoms with Gasteiger partial charge in [-0.05, 0) is 47.8 Å². The van der Waals surface area contributed by atoms with Crippen LogP contribution in [0.15, 0.2) is 36.4 Å². The number of carbonyl (C=O) groups excluding carboxylic acids is 1. The van der Waals surface area contributed by atoms with E-state index in [9.17, 15) is 19.1 Å². The van der Waals surface area contributed by atoms with Crippen LogP contribution in [0.4, 0.5) is 4.39 Å². The van der Waals surface area contributed by atoms with Crippen LogP contribution < -0.4 is 5.32 Å². The van der Waals surface area contributed by atoms with Crippen molar-refractivity contribution in [3.63, 3.8) is 0 Å². The highest BCUT2D eigenvalue weighted by molar-refractivity contribution is 5.87. The second-order valence-corrected chi connectivity index (χ2v) is 6.90. The predicted octanol–water partition coefficient (Wildman–Crippen LogP) is 2.35. The standard InChI is InChI=1S/C18H18FNO3/c19-11-3-1-10(2-4-11)9-20-16(21)14-12-5-6-13(15(14)17(22)23)18(12)7-8-18/h1-6,12-15H,7-9H2,(H,20,21)(H,22,23)/t12-,13-,14-,15-/m1/s1. The summed E-state index contributed by atoms with van der Waals surface area (Å²) in [5.41, 5.74) is 0.826. The summed E-state index contributed by atoms with van der Waals surface area (Å²) < 4.78 is 12.9. The summed E-state index contributed by atoms with van der Waals surface area (Å²) in [7, 11) is 0. The van der Waals surface area contributed by atoms with Gasteiger partial charge in [0.15, 0.2) is 0 Å². The Bertz CT molecular complexity index is 693. The van der Waals surface area contributed by atoms with E-state index in [1.807, 2.05) is 12.2 Å². The zero-order valence-corrected chi connectivity index (χ0v) is 12.5. The van der Waals surface area contributed by atoms with Crippen molar-refractivity contribution < 1.29 is 19.1 Å². The van der Waals surface area contributed by atoms with Crippen LogP contribution in [0.2, 0.25) is 0 Å². The van der Waals surface area contributed by atoms with Crippen molar-refractivity contribution in [2.24, 2.45) is 29.1 Å². The molecule has 3 aliphatic carbocycles. The van der Waals surface area contributed by atoms with E-state index in [1.54, 1.807) is 12.1 Å². The third-order valence-electron chi connectivity index (χ3n) is 5.81. The first kappa shape index (κ1) is 14.4. The molecule has 0 heterocycles. The van der Waals surface area contributed by atoms with Crippen LogP contribution in [0, 0.1) is 34.9 Å². The van der Waals surface area contributed by atoms with Gasteiger partial charge < -0.3 is 10.4 Å². The number of carbonyl (C=O) groups is 2. The summed E-state index contributed by atoms with van der Waals surface area (Å²) in [4.78, 5) is 24.3. The molecule has 1 amide bonds. The minimum atomic E-state index is -0.880. The SMILES string of the molecule is O=C(O)[C@H]1[C@H](C(=O)NCc2ccc(F)cc2)[C@H]2C=C[C@H]1C21CC1. The van der Waals surface area contributed by atoms with Crippen molar-refractivity contribution in [1.82, 2.24) is 5.32 Å². The van der Waals surface area contributed by atoms with Crippen LogP contribution in [-0.4, -0.2) is 17.0 Å². The number of halogens is 1. The average molecular weight is 315 g/mol. The van der Waals surface area contributed by atoms with Crippen LogP contribution in [0.25, 0.3) is 0 Å². The number of amides is 1. The highest BCUT2D eigenvalue weighted by Gasteiger charge is 2.69. The minimum Gasteiger partial charge on any atom is -0.481 e. The number of aliphatic carboxylic acids is 1. The molecule has 4 atom stereocenters. The predicted molar refractivity (Wildman–Crippen MR) is 80.6 cm³/mol. The molecule has 2 saturated carbocycles. The monoisotopic (exact) mass is 315 g/mol. The molecule has 5 heteroatoms. The summed E-state index contributed by atoms with van der Waals surface area (Å²) in [5.74, 6) is -2.49. The second-order valence-electron chi connectivity index (χ2n) is 6.90. The summed E-state index contributed by atoms with van der Waals surface area (Å²) >= 11 is 0. The summed E-state index contributed by atoms with van der Waals surface area (Å²) in [5, 5.41) is 12.4. The van der Waals surface area contributed by atoms with Gasteiger partial charge in [-0.2, -0.15) is 0 Å². The van der Waals surface area contributed by atoms with Crippen molar-refractivity contribution in [3.8, 4) is 0 Å². The van der Waals surface area contributed by atoms with Crippen molar-refractivity contribution in [1.29, 1.82) is 0 Å². The number of hydrogen-bond donors (Lipinski definition) is 2. The minimum absolute atomic E-state index is 0.00780. The van der Waals surface area contributed by atoms with Gasteiger partial charge in [0.2, 0.25) is 5.91 Å². The van der Waals surface area contributed by atoms with E-state index in [4.69, 9.17) is 0 Å². The van der Waals surface area contributed by atoms with Gasteiger partial charge in [-0.3, -0.25) is 9.59 Å². The first-order valence-electron chi connectivity index (χ1n) is 7.96. The largest absolute Gasteiger partial charge is 0.481 e. The van der Waals surface area contributed by atoms with E-state index in [2.05, 4.69) is 5.32 Å². The Kier molecular flexibility index (Phi) is 3.08. The van der Waals surface area contributed by atoms with E-state index >= 15 is 0 Å². The van der Waals surface area contributed by atoms with Crippen LogP contribution in [0.1, 0.15) is 18.4 Å². The lowest BCUT2D eigenvalue weighted by molar-refractivity contribution is -0.147. The van der Waals surface area contributed by atoms with Crippen molar-refractivity contribution in [3.05, 3.63) is 47.8 Å². The van der Waals surface area contributed by atoms with E-state index in [0.29, 0.717) is 0 Å². The van der Waals surface area contributed by atoms with Gasteiger partial charge in [0.25, 0.3) is 0 Å². The van der Waals surface area contributed by atoms with Crippen LogP contribution in [0.5, 0.6) is 0 Å². The number of carboxylic acid groups (broad SMARTS) is 1. The fraction of sp³-hybridized carbons (Fsp3) is 0.444. The lowest BCUT2D eigenvalue weighted by Crippen LogP contribution is -2.39. The number of rotatable bonds is 4. The van der Waals surface area contributed by atoms with Gasteiger partial charge >= 0.3 is 5.97 Å². The molecular formula is C18H18FNO3. The number of benzene rings is 1. The van der Waals surface area contributed by atoms with Gasteiger partial charge in [0.1, 0.15) is 5.82 Å². The van der Waals surface area contributed by atoms with Crippen molar-refractivity contribution in [2.75, 3.05) is 0 Å². The van der Waals surface area contributed by atoms with Gasteiger partial charge in [0.05, 0.1) is 11.8 Å². The fourth-order valence-corrected chi connectivity index (χ4v) is 4.60. The highest BCUT2D eigenvalue weighted by atomic mass is 19.1. The third kappa shape index (κ3) is 2.10. The van der Waals surface area contributed by atoms with Gasteiger partial charge in [-0.15, -0.1) is 0 Å². The molecule has 4 rings (SSSR count). The first-order chi connectivity index (χ1) is 11.0. The Morgan fingerprint density at radius 1 is 1.13 bits per heavy atom. The molecule has 1 aromatic carbocycles. The maximum atomic E-state index is 12.9. The summed E-state index contributed by atoms with van der Waals surface area (Å²) in [6.45, 7) is 0.288. The lowest BCUT2D eigenvalue weighted by atomic mass is 9.82. The summed E-state index contributed by atoms with van der Waals surface area (Å²) in [6.07, 6.45) is 6.07. The maximum Gasteiger partial charge on any atom is 0.307 e. The molecule has 1 spiro atoms. The Morgan fingerprint density at radius 2 is 1.74 bits per heavy atom. The average Bonchev–Trinajstić information content (AvgIpc) is 3.20. The van der Waals surface area contributed by atoms with Gasteiger partial charge in [-0.1, -0.05) is 24.3 Å². The number of allylic oxidation sites excluding steroid dienone is 2. The molecule has 3 aliphatic rings. The topological polar surface area (TPSA) is 66.4 Å². The van der Waals surface area contributed by atoms with Gasteiger partial charge in [0, 0.05) is 6.54 Å². The number of nitrogens with one attached hydrogen (secondary N) is 1. The van der Waals surface area contributed by atoms with Crippen LogP contribution in [-0.2, 0) is 16.1 Å². The van der Waals surface area contributed by atoms with E-state index in [-0.39, 0.29) is 35.5 Å². The molecule has 0 aliphatic heterocycles. The summed E-state index contributed by atoms with van der Waals surface area (Å²) in [6, 6.07) is 5.93. The molecule has 0 unspecified atom stereocenters. The fourth-order valence-electron chi connectivity index (χ4n) is 4.60. The second kappa shape index (κ2) is 4.91. The molecule has 2 bridgehead atoms. The normalized spacial score (nSPS) is 32.2. The van der Waals surface area contributed by atoms with Crippen molar-refractivity contribution in [2.45, 2.75) is 19.4 Å². The third-order valence-corrected chi connectivity index (χ3v) is 5.81. The molecule has 2 fully saturated rings. The number of carboxylic acids is 1. The maximum absolute atomic E-state index is 12.9. The molecule has 4 nitrogen and oxygen atoms in total. The highest BCUT2D eigenvalue weighted by Crippen LogP contribution is 2.71. The van der Waals surface area contributed by atoms with Crippen LogP contribution in [0.3, 0.4) is 0 Å².